The van der Waals surface area contributed by atoms with Crippen LogP contribution in [0.25, 0.3) is 0 Å². The van der Waals surface area contributed by atoms with E-state index in [4.69, 9.17) is 4.52 Å². The first-order chi connectivity index (χ1) is 11.2. The molecule has 0 aromatic carbocycles. The number of nitrogens with zero attached hydrogens (tertiary/aromatic N) is 2. The van der Waals surface area contributed by atoms with Crippen LogP contribution < -0.4 is 10.6 Å². The molecule has 0 aliphatic heterocycles. The molecule has 7 heteroatoms. The SMILES string of the molecule is CCC(CC)c1cc(CNC(=NC)NCc2ccc(Br)s2)on1. The third-order valence-electron chi connectivity index (χ3n) is 3.69. The van der Waals surface area contributed by atoms with Crippen molar-refractivity contribution in [1.82, 2.24) is 15.8 Å². The molecule has 2 aromatic heterocycles. The van der Waals surface area contributed by atoms with Crippen molar-refractivity contribution in [3.8, 4) is 0 Å². The van der Waals surface area contributed by atoms with Gasteiger partial charge in [-0.2, -0.15) is 0 Å². The third-order valence-corrected chi connectivity index (χ3v) is 5.32. The summed E-state index contributed by atoms with van der Waals surface area (Å²) in [5, 5.41) is 10.7. The van der Waals surface area contributed by atoms with Gasteiger partial charge in [-0.25, -0.2) is 0 Å². The minimum Gasteiger partial charge on any atom is -0.359 e. The highest BCUT2D eigenvalue weighted by atomic mass is 79.9. The lowest BCUT2D eigenvalue weighted by Crippen LogP contribution is -2.36. The van der Waals surface area contributed by atoms with Crippen LogP contribution in [-0.2, 0) is 13.1 Å². The fourth-order valence-corrected chi connectivity index (χ4v) is 3.74. The number of guanidine groups is 1. The van der Waals surface area contributed by atoms with E-state index in [0.717, 1.165) is 40.6 Å². The zero-order valence-electron chi connectivity index (χ0n) is 13.7. The first-order valence-electron chi connectivity index (χ1n) is 7.80. The molecule has 126 valence electrons. The van der Waals surface area contributed by atoms with Gasteiger partial charge in [0.2, 0.25) is 0 Å². The molecule has 5 nitrogen and oxygen atoms in total. The highest BCUT2D eigenvalue weighted by Crippen LogP contribution is 2.22. The van der Waals surface area contributed by atoms with Crippen molar-refractivity contribution in [3.63, 3.8) is 0 Å². The van der Waals surface area contributed by atoms with Gasteiger partial charge in [-0.3, -0.25) is 4.99 Å². The van der Waals surface area contributed by atoms with E-state index in [1.807, 2.05) is 12.1 Å². The predicted octanol–water partition coefficient (Wildman–Crippen LogP) is 4.27. The Kier molecular flexibility index (Phi) is 7.11. The molecule has 0 fully saturated rings. The fraction of sp³-hybridized carbons (Fsp3) is 0.500. The molecule has 0 atom stereocenters. The third kappa shape index (κ3) is 5.35. The zero-order valence-corrected chi connectivity index (χ0v) is 16.1. The smallest absolute Gasteiger partial charge is 0.191 e. The van der Waals surface area contributed by atoms with Gasteiger partial charge in [0.05, 0.1) is 22.6 Å². The Hall–Kier alpha value is -1.34. The second-order valence-corrected chi connectivity index (χ2v) is 7.76. The maximum absolute atomic E-state index is 5.41. The predicted molar refractivity (Wildman–Crippen MR) is 98.9 cm³/mol. The summed E-state index contributed by atoms with van der Waals surface area (Å²) in [4.78, 5) is 5.47. The Morgan fingerprint density at radius 2 is 2.04 bits per heavy atom. The highest BCUT2D eigenvalue weighted by molar-refractivity contribution is 9.11. The van der Waals surface area contributed by atoms with Gasteiger partial charge in [0.1, 0.15) is 0 Å². The molecule has 0 unspecified atom stereocenters. The van der Waals surface area contributed by atoms with E-state index < -0.39 is 0 Å². The average Bonchev–Trinajstić information content (AvgIpc) is 3.18. The van der Waals surface area contributed by atoms with Crippen LogP contribution in [0.3, 0.4) is 0 Å². The van der Waals surface area contributed by atoms with Gasteiger partial charge in [0, 0.05) is 23.9 Å². The lowest BCUT2D eigenvalue weighted by molar-refractivity contribution is 0.368. The van der Waals surface area contributed by atoms with E-state index >= 15 is 0 Å². The highest BCUT2D eigenvalue weighted by Gasteiger charge is 2.13. The maximum atomic E-state index is 5.41. The summed E-state index contributed by atoms with van der Waals surface area (Å²) in [7, 11) is 1.76. The summed E-state index contributed by atoms with van der Waals surface area (Å²) in [5.74, 6) is 2.05. The second kappa shape index (κ2) is 9.08. The molecular formula is C16H23BrN4OS. The number of halogens is 1. The number of hydrogen-bond donors (Lipinski definition) is 2. The van der Waals surface area contributed by atoms with E-state index in [2.05, 4.69) is 56.6 Å². The van der Waals surface area contributed by atoms with Crippen LogP contribution in [-0.4, -0.2) is 18.2 Å². The maximum Gasteiger partial charge on any atom is 0.191 e. The summed E-state index contributed by atoms with van der Waals surface area (Å²) in [6.07, 6.45) is 2.16. The summed E-state index contributed by atoms with van der Waals surface area (Å²) in [6.45, 7) is 5.66. The Morgan fingerprint density at radius 1 is 1.30 bits per heavy atom. The van der Waals surface area contributed by atoms with Crippen molar-refractivity contribution in [2.45, 2.75) is 45.7 Å². The molecule has 0 saturated carbocycles. The molecule has 23 heavy (non-hydrogen) atoms. The molecule has 0 aliphatic rings. The monoisotopic (exact) mass is 398 g/mol. The molecule has 0 aliphatic carbocycles. The molecule has 2 heterocycles. The van der Waals surface area contributed by atoms with E-state index in [-0.39, 0.29) is 0 Å². The molecule has 2 N–H and O–H groups in total. The fourth-order valence-electron chi connectivity index (χ4n) is 2.32. The lowest BCUT2D eigenvalue weighted by atomic mass is 9.99. The largest absolute Gasteiger partial charge is 0.359 e. The normalized spacial score (nSPS) is 12.0. The molecule has 0 saturated heterocycles. The molecule has 2 rings (SSSR count). The van der Waals surface area contributed by atoms with Crippen LogP contribution in [0.1, 0.15) is 48.9 Å². The summed E-state index contributed by atoms with van der Waals surface area (Å²) in [5.41, 5.74) is 1.04. The Morgan fingerprint density at radius 3 is 2.65 bits per heavy atom. The van der Waals surface area contributed by atoms with Crippen LogP contribution >= 0.6 is 27.3 Å². The molecule has 0 bridgehead atoms. The standard InChI is InChI=1S/C16H23BrN4OS/c1-4-11(5-2)14-8-12(22-21-14)9-19-16(18-3)20-10-13-6-7-15(17)23-13/h6-8,11H,4-5,9-10H2,1-3H3,(H2,18,19,20). The summed E-state index contributed by atoms with van der Waals surface area (Å²) < 4.78 is 6.54. The van der Waals surface area contributed by atoms with Crippen molar-refractivity contribution in [2.75, 3.05) is 7.05 Å². The number of aliphatic imine (C=N–C) groups is 1. The van der Waals surface area contributed by atoms with Crippen LogP contribution in [0.4, 0.5) is 0 Å². The minimum absolute atomic E-state index is 0.474. The van der Waals surface area contributed by atoms with Gasteiger partial charge < -0.3 is 15.2 Å². The molecule has 2 aromatic rings. The van der Waals surface area contributed by atoms with Crippen LogP contribution in [0.2, 0.25) is 0 Å². The molecule has 0 amide bonds. The van der Waals surface area contributed by atoms with Crippen LogP contribution in [0.15, 0.2) is 31.5 Å². The minimum atomic E-state index is 0.474. The zero-order chi connectivity index (χ0) is 16.7. The van der Waals surface area contributed by atoms with Gasteiger partial charge in [-0.1, -0.05) is 19.0 Å². The van der Waals surface area contributed by atoms with Crippen molar-refractivity contribution in [2.24, 2.45) is 4.99 Å². The van der Waals surface area contributed by atoms with Gasteiger partial charge in [0.15, 0.2) is 11.7 Å². The summed E-state index contributed by atoms with van der Waals surface area (Å²) in [6, 6.07) is 6.17. The van der Waals surface area contributed by atoms with Crippen LogP contribution in [0.5, 0.6) is 0 Å². The molecule has 0 spiro atoms. The first kappa shape index (κ1) is 18.0. The Labute approximate surface area is 149 Å². The Bertz CT molecular complexity index is 634. The van der Waals surface area contributed by atoms with E-state index in [0.29, 0.717) is 12.5 Å². The average molecular weight is 399 g/mol. The number of nitrogens with one attached hydrogen (secondary N) is 2. The van der Waals surface area contributed by atoms with E-state index in [1.165, 1.54) is 4.88 Å². The quantitative estimate of drug-likeness (QED) is 0.539. The number of thiophene rings is 1. The van der Waals surface area contributed by atoms with Crippen molar-refractivity contribution < 1.29 is 4.52 Å². The molecular weight excluding hydrogens is 376 g/mol. The number of hydrogen-bond acceptors (Lipinski definition) is 4. The topological polar surface area (TPSA) is 62.5 Å². The molecule has 0 radical (unpaired) electrons. The van der Waals surface area contributed by atoms with Gasteiger partial charge in [0.25, 0.3) is 0 Å². The summed E-state index contributed by atoms with van der Waals surface area (Å²) >= 11 is 5.18. The van der Waals surface area contributed by atoms with E-state index in [9.17, 15) is 0 Å². The van der Waals surface area contributed by atoms with E-state index in [1.54, 1.807) is 18.4 Å². The first-order valence-corrected chi connectivity index (χ1v) is 9.41. The van der Waals surface area contributed by atoms with Gasteiger partial charge >= 0.3 is 0 Å². The van der Waals surface area contributed by atoms with Crippen molar-refractivity contribution >= 4 is 33.2 Å². The Balaban J connectivity index is 1.83. The number of rotatable bonds is 7. The van der Waals surface area contributed by atoms with Gasteiger partial charge in [-0.05, 0) is 40.9 Å². The van der Waals surface area contributed by atoms with Gasteiger partial charge in [-0.15, -0.1) is 11.3 Å². The van der Waals surface area contributed by atoms with Crippen molar-refractivity contribution in [1.29, 1.82) is 0 Å². The van der Waals surface area contributed by atoms with Crippen LogP contribution in [0, 0.1) is 0 Å². The number of aromatic nitrogens is 1. The lowest BCUT2D eigenvalue weighted by Gasteiger charge is -2.09. The van der Waals surface area contributed by atoms with Crippen molar-refractivity contribution in [3.05, 3.63) is 38.3 Å². The second-order valence-electron chi connectivity index (χ2n) is 5.22.